The fourth-order valence-corrected chi connectivity index (χ4v) is 2.00. The van der Waals surface area contributed by atoms with Gasteiger partial charge in [0.25, 0.3) is 0 Å². The molecule has 2 saturated carbocycles. The van der Waals surface area contributed by atoms with Crippen molar-refractivity contribution in [3.8, 4) is 5.75 Å². The van der Waals surface area contributed by atoms with E-state index in [0.29, 0.717) is 12.0 Å². The predicted molar refractivity (Wildman–Crippen MR) is 61.7 cm³/mol. The van der Waals surface area contributed by atoms with E-state index in [9.17, 15) is 4.79 Å². The molecule has 2 aliphatic carbocycles. The first-order valence-electron chi connectivity index (χ1n) is 6.05. The molecule has 0 amide bonds. The first-order chi connectivity index (χ1) is 7.74. The third kappa shape index (κ3) is 1.97. The van der Waals surface area contributed by atoms with Crippen molar-refractivity contribution in [3.63, 3.8) is 0 Å². The van der Waals surface area contributed by atoms with Crippen LogP contribution >= 0.6 is 0 Å². The fourth-order valence-electron chi connectivity index (χ4n) is 2.00. The van der Waals surface area contributed by atoms with Crippen LogP contribution in [-0.2, 0) is 0 Å². The first-order valence-corrected chi connectivity index (χ1v) is 6.05. The van der Waals surface area contributed by atoms with Crippen LogP contribution in [-0.4, -0.2) is 11.9 Å². The summed E-state index contributed by atoms with van der Waals surface area (Å²) < 4.78 is 5.69. The number of carbonyl (C=O) groups excluding carboxylic acids is 1. The van der Waals surface area contributed by atoms with Crippen molar-refractivity contribution in [1.82, 2.24) is 0 Å². The summed E-state index contributed by atoms with van der Waals surface area (Å²) in [5, 5.41) is 0. The smallest absolute Gasteiger partial charge is 0.166 e. The molecule has 0 saturated heterocycles. The minimum Gasteiger partial charge on any atom is -0.490 e. The molecular weight excluding hydrogens is 200 g/mol. The van der Waals surface area contributed by atoms with E-state index in [1.54, 1.807) is 0 Å². The lowest BCUT2D eigenvalue weighted by Gasteiger charge is -2.06. The quantitative estimate of drug-likeness (QED) is 0.723. The highest BCUT2D eigenvalue weighted by molar-refractivity contribution is 5.99. The molecule has 2 unspecified atom stereocenters. The molecule has 84 valence electrons. The van der Waals surface area contributed by atoms with Crippen LogP contribution in [0.4, 0.5) is 0 Å². The molecule has 2 aliphatic rings. The van der Waals surface area contributed by atoms with Crippen LogP contribution in [0.1, 0.15) is 36.5 Å². The molecule has 2 nitrogen and oxygen atoms in total. The Balaban J connectivity index is 1.75. The maximum Gasteiger partial charge on any atom is 0.166 e. The van der Waals surface area contributed by atoms with Gasteiger partial charge in [0.2, 0.25) is 0 Å². The van der Waals surface area contributed by atoms with Gasteiger partial charge >= 0.3 is 0 Å². The maximum atomic E-state index is 12.0. The van der Waals surface area contributed by atoms with E-state index in [2.05, 4.69) is 6.92 Å². The monoisotopic (exact) mass is 216 g/mol. The molecule has 2 fully saturated rings. The average molecular weight is 216 g/mol. The molecule has 1 aromatic carbocycles. The lowest BCUT2D eigenvalue weighted by molar-refractivity contribution is 0.0962. The number of ether oxygens (including phenoxy) is 1. The number of Topliss-reactive ketones (excluding diaryl/α,β-unsaturated/α-hetero) is 1. The van der Waals surface area contributed by atoms with Crippen LogP contribution in [0.3, 0.4) is 0 Å². The Morgan fingerprint density at radius 3 is 2.75 bits per heavy atom. The Morgan fingerprint density at radius 2 is 2.12 bits per heavy atom. The Morgan fingerprint density at radius 1 is 1.38 bits per heavy atom. The zero-order valence-electron chi connectivity index (χ0n) is 9.48. The Kier molecular flexibility index (Phi) is 2.23. The van der Waals surface area contributed by atoms with E-state index in [1.807, 2.05) is 24.3 Å². The molecule has 2 heteroatoms. The predicted octanol–water partition coefficient (Wildman–Crippen LogP) is 3.07. The molecule has 0 aromatic heterocycles. The number of hydrogen-bond acceptors (Lipinski definition) is 2. The second-order valence-electron chi connectivity index (χ2n) is 5.03. The van der Waals surface area contributed by atoms with Gasteiger partial charge in [-0.05, 0) is 37.3 Å². The molecule has 0 bridgehead atoms. The first kappa shape index (κ1) is 9.88. The largest absolute Gasteiger partial charge is 0.490 e. The second kappa shape index (κ2) is 3.62. The van der Waals surface area contributed by atoms with Gasteiger partial charge in [0, 0.05) is 11.5 Å². The van der Waals surface area contributed by atoms with E-state index in [1.165, 1.54) is 0 Å². The van der Waals surface area contributed by atoms with Gasteiger partial charge in [-0.2, -0.15) is 0 Å². The lowest BCUT2D eigenvalue weighted by Crippen LogP contribution is -2.04. The molecule has 1 aromatic rings. The van der Waals surface area contributed by atoms with Gasteiger partial charge in [-0.3, -0.25) is 4.79 Å². The van der Waals surface area contributed by atoms with E-state index in [0.717, 1.165) is 30.6 Å². The molecule has 0 radical (unpaired) electrons. The molecule has 3 rings (SSSR count). The maximum absolute atomic E-state index is 12.0. The number of benzene rings is 1. The highest BCUT2D eigenvalue weighted by Crippen LogP contribution is 2.40. The van der Waals surface area contributed by atoms with E-state index in [-0.39, 0.29) is 11.7 Å². The lowest BCUT2D eigenvalue weighted by atomic mass is 10.1. The summed E-state index contributed by atoms with van der Waals surface area (Å²) in [5.41, 5.74) is 0.813. The third-order valence-corrected chi connectivity index (χ3v) is 3.39. The van der Waals surface area contributed by atoms with Crippen molar-refractivity contribution >= 4 is 5.78 Å². The van der Waals surface area contributed by atoms with Crippen molar-refractivity contribution in [2.24, 2.45) is 11.8 Å². The van der Waals surface area contributed by atoms with Crippen molar-refractivity contribution in [2.45, 2.75) is 32.3 Å². The Bertz CT molecular complexity index is 420. The molecule has 0 N–H and O–H groups in total. The van der Waals surface area contributed by atoms with Gasteiger partial charge in [0.05, 0.1) is 6.10 Å². The molecule has 16 heavy (non-hydrogen) atoms. The summed E-state index contributed by atoms with van der Waals surface area (Å²) in [7, 11) is 0. The average Bonchev–Trinajstić information content (AvgIpc) is 3.17. The third-order valence-electron chi connectivity index (χ3n) is 3.39. The van der Waals surface area contributed by atoms with Gasteiger partial charge in [-0.15, -0.1) is 0 Å². The number of ketones is 1. The van der Waals surface area contributed by atoms with E-state index >= 15 is 0 Å². The Labute approximate surface area is 95.6 Å². The standard InChI is InChI=1S/C14H16O2/c1-9-7-13(9)14(15)10-3-2-4-12(8-10)16-11-5-6-11/h2-4,8-9,11,13H,5-7H2,1H3. The van der Waals surface area contributed by atoms with Crippen LogP contribution in [0.15, 0.2) is 24.3 Å². The van der Waals surface area contributed by atoms with E-state index in [4.69, 9.17) is 4.74 Å². The van der Waals surface area contributed by atoms with Gasteiger partial charge in [-0.1, -0.05) is 19.1 Å². The van der Waals surface area contributed by atoms with Gasteiger partial charge in [0.1, 0.15) is 5.75 Å². The molecule has 0 aliphatic heterocycles. The zero-order valence-corrected chi connectivity index (χ0v) is 9.48. The SMILES string of the molecule is CC1CC1C(=O)c1cccc(OC2CC2)c1. The van der Waals surface area contributed by atoms with E-state index < -0.39 is 0 Å². The van der Waals surface area contributed by atoms with Crippen molar-refractivity contribution in [2.75, 3.05) is 0 Å². The fraction of sp³-hybridized carbons (Fsp3) is 0.500. The summed E-state index contributed by atoms with van der Waals surface area (Å²) in [5.74, 6) is 1.96. The minimum absolute atomic E-state index is 0.260. The molecule has 2 atom stereocenters. The number of carbonyl (C=O) groups is 1. The molecular formula is C14H16O2. The van der Waals surface area contributed by atoms with Crippen molar-refractivity contribution in [1.29, 1.82) is 0 Å². The summed E-state index contributed by atoms with van der Waals surface area (Å²) in [6, 6.07) is 7.64. The van der Waals surface area contributed by atoms with Gasteiger partial charge < -0.3 is 4.74 Å². The highest BCUT2D eigenvalue weighted by atomic mass is 16.5. The molecule has 0 heterocycles. The summed E-state index contributed by atoms with van der Waals surface area (Å²) in [4.78, 5) is 12.0. The normalized spacial score (nSPS) is 27.6. The zero-order chi connectivity index (χ0) is 11.1. The highest BCUT2D eigenvalue weighted by Gasteiger charge is 2.39. The van der Waals surface area contributed by atoms with Crippen LogP contribution < -0.4 is 4.74 Å². The second-order valence-corrected chi connectivity index (χ2v) is 5.03. The topological polar surface area (TPSA) is 26.3 Å². The minimum atomic E-state index is 0.260. The van der Waals surface area contributed by atoms with Crippen LogP contribution in [0.5, 0.6) is 5.75 Å². The summed E-state index contributed by atoms with van der Waals surface area (Å²) >= 11 is 0. The summed E-state index contributed by atoms with van der Waals surface area (Å²) in [6.45, 7) is 2.13. The van der Waals surface area contributed by atoms with Crippen LogP contribution in [0.2, 0.25) is 0 Å². The van der Waals surface area contributed by atoms with Gasteiger partial charge in [0.15, 0.2) is 5.78 Å². The Hall–Kier alpha value is -1.31. The van der Waals surface area contributed by atoms with Crippen molar-refractivity contribution in [3.05, 3.63) is 29.8 Å². The van der Waals surface area contributed by atoms with Crippen LogP contribution in [0, 0.1) is 11.8 Å². The number of rotatable bonds is 4. The molecule has 0 spiro atoms. The summed E-state index contributed by atoms with van der Waals surface area (Å²) in [6.07, 6.45) is 3.74. The number of hydrogen-bond donors (Lipinski definition) is 0. The van der Waals surface area contributed by atoms with Gasteiger partial charge in [-0.25, -0.2) is 0 Å². The van der Waals surface area contributed by atoms with Crippen molar-refractivity contribution < 1.29 is 9.53 Å². The van der Waals surface area contributed by atoms with Crippen LogP contribution in [0.25, 0.3) is 0 Å².